The minimum absolute atomic E-state index is 0.0794. The third-order valence-electron chi connectivity index (χ3n) is 2.28. The number of hydrogen-bond acceptors (Lipinski definition) is 2. The van der Waals surface area contributed by atoms with Gasteiger partial charge in [0.1, 0.15) is 11.1 Å². The van der Waals surface area contributed by atoms with Crippen LogP contribution >= 0.6 is 15.9 Å². The van der Waals surface area contributed by atoms with Gasteiger partial charge < -0.3 is 5.11 Å². The number of halogens is 2. The van der Waals surface area contributed by atoms with E-state index in [1.807, 2.05) is 0 Å². The fourth-order valence-corrected chi connectivity index (χ4v) is 3.04. The van der Waals surface area contributed by atoms with Crippen LogP contribution in [0.1, 0.15) is 18.9 Å². The second kappa shape index (κ2) is 6.26. The van der Waals surface area contributed by atoms with E-state index in [-0.39, 0.29) is 17.7 Å². The lowest BCUT2D eigenvalue weighted by Gasteiger charge is -2.10. The first-order valence-corrected chi connectivity index (χ1v) is 7.17. The van der Waals surface area contributed by atoms with E-state index in [2.05, 4.69) is 15.9 Å². The number of aliphatic carboxylic acids is 1. The zero-order chi connectivity index (χ0) is 13.0. The summed E-state index contributed by atoms with van der Waals surface area (Å²) < 4.78 is 25.8. The molecule has 1 N–H and O–H groups in total. The Kier molecular flexibility index (Phi) is 5.27. The van der Waals surface area contributed by atoms with Crippen LogP contribution in [-0.2, 0) is 21.3 Å². The molecule has 0 aliphatic heterocycles. The molecular formula is C11H12BrFO3S. The maximum atomic E-state index is 13.5. The maximum Gasteiger partial charge on any atom is 0.319 e. The number of benzene rings is 1. The molecule has 6 heteroatoms. The van der Waals surface area contributed by atoms with Crippen LogP contribution in [0.4, 0.5) is 4.39 Å². The first-order chi connectivity index (χ1) is 7.95. The Morgan fingerprint density at radius 3 is 2.71 bits per heavy atom. The SMILES string of the molecule is CCC(C(=O)O)S(=O)Cc1ccc(Br)cc1F. The first-order valence-electron chi connectivity index (χ1n) is 4.99. The van der Waals surface area contributed by atoms with Crippen molar-refractivity contribution in [2.45, 2.75) is 24.3 Å². The van der Waals surface area contributed by atoms with E-state index in [9.17, 15) is 13.4 Å². The molecule has 0 heterocycles. The second-order valence-electron chi connectivity index (χ2n) is 3.50. The molecule has 1 aromatic rings. The van der Waals surface area contributed by atoms with Gasteiger partial charge in [0.2, 0.25) is 0 Å². The summed E-state index contributed by atoms with van der Waals surface area (Å²) in [4.78, 5) is 10.8. The number of rotatable bonds is 5. The van der Waals surface area contributed by atoms with Gasteiger partial charge in [-0.25, -0.2) is 4.39 Å². The topological polar surface area (TPSA) is 54.4 Å². The molecule has 0 aromatic heterocycles. The molecule has 0 saturated carbocycles. The summed E-state index contributed by atoms with van der Waals surface area (Å²) >= 11 is 3.12. The molecule has 1 rings (SSSR count). The van der Waals surface area contributed by atoms with E-state index >= 15 is 0 Å². The molecule has 3 nitrogen and oxygen atoms in total. The lowest BCUT2D eigenvalue weighted by molar-refractivity contribution is -0.136. The predicted molar refractivity (Wildman–Crippen MR) is 67.7 cm³/mol. The Morgan fingerprint density at radius 2 is 2.24 bits per heavy atom. The minimum Gasteiger partial charge on any atom is -0.480 e. The summed E-state index contributed by atoms with van der Waals surface area (Å²) in [7, 11) is -1.61. The highest BCUT2D eigenvalue weighted by molar-refractivity contribution is 9.10. The third kappa shape index (κ3) is 3.89. The average molecular weight is 323 g/mol. The monoisotopic (exact) mass is 322 g/mol. The lowest BCUT2D eigenvalue weighted by atomic mass is 10.2. The Balaban J connectivity index is 2.84. The standard InChI is InChI=1S/C11H12BrFO3S/c1-2-10(11(14)15)17(16)6-7-3-4-8(12)5-9(7)13/h3-5,10H,2,6H2,1H3,(H,14,15). The van der Waals surface area contributed by atoms with Crippen molar-refractivity contribution in [2.75, 3.05) is 0 Å². The van der Waals surface area contributed by atoms with Crippen molar-refractivity contribution in [1.29, 1.82) is 0 Å². The average Bonchev–Trinajstić information content (AvgIpc) is 2.22. The summed E-state index contributed by atoms with van der Waals surface area (Å²) in [6.45, 7) is 1.65. The minimum atomic E-state index is -1.61. The second-order valence-corrected chi connectivity index (χ2v) is 6.03. The summed E-state index contributed by atoms with van der Waals surface area (Å²) in [6, 6.07) is 4.41. The molecule has 0 radical (unpaired) electrons. The fraction of sp³-hybridized carbons (Fsp3) is 0.364. The Labute approximate surface area is 110 Å². The van der Waals surface area contributed by atoms with Gasteiger partial charge in [-0.2, -0.15) is 0 Å². The molecule has 0 saturated heterocycles. The highest BCUT2D eigenvalue weighted by Gasteiger charge is 2.23. The van der Waals surface area contributed by atoms with Crippen molar-refractivity contribution < 1.29 is 18.5 Å². The third-order valence-corrected chi connectivity index (χ3v) is 4.53. The Bertz CT molecular complexity index is 450. The van der Waals surface area contributed by atoms with Gasteiger partial charge in [-0.3, -0.25) is 9.00 Å². The first kappa shape index (κ1) is 14.3. The highest BCUT2D eigenvalue weighted by atomic mass is 79.9. The lowest BCUT2D eigenvalue weighted by Crippen LogP contribution is -2.25. The van der Waals surface area contributed by atoms with Crippen LogP contribution < -0.4 is 0 Å². The van der Waals surface area contributed by atoms with Crippen molar-refractivity contribution in [2.24, 2.45) is 0 Å². The molecule has 17 heavy (non-hydrogen) atoms. The number of carboxylic acid groups (broad SMARTS) is 1. The summed E-state index contributed by atoms with van der Waals surface area (Å²) in [6.07, 6.45) is 0.264. The van der Waals surface area contributed by atoms with Gasteiger partial charge in [0.05, 0.1) is 5.75 Å². The largest absolute Gasteiger partial charge is 0.480 e. The molecule has 2 unspecified atom stereocenters. The normalized spacial score (nSPS) is 14.3. The quantitative estimate of drug-likeness (QED) is 0.906. The van der Waals surface area contributed by atoms with Crippen LogP contribution in [0.2, 0.25) is 0 Å². The Morgan fingerprint density at radius 1 is 1.59 bits per heavy atom. The number of carbonyl (C=O) groups is 1. The van der Waals surface area contributed by atoms with Crippen LogP contribution in [0.25, 0.3) is 0 Å². The van der Waals surface area contributed by atoms with Crippen LogP contribution in [0.5, 0.6) is 0 Å². The van der Waals surface area contributed by atoms with Gasteiger partial charge in [-0.1, -0.05) is 28.9 Å². The zero-order valence-electron chi connectivity index (χ0n) is 9.15. The summed E-state index contributed by atoms with van der Waals surface area (Å²) in [5.41, 5.74) is 0.270. The number of carboxylic acids is 1. The molecule has 0 bridgehead atoms. The van der Waals surface area contributed by atoms with E-state index in [1.54, 1.807) is 13.0 Å². The Hall–Kier alpha value is -0.750. The summed E-state index contributed by atoms with van der Waals surface area (Å²) in [5.74, 6) is -1.67. The van der Waals surface area contributed by atoms with Gasteiger partial charge in [-0.05, 0) is 18.6 Å². The number of hydrogen-bond donors (Lipinski definition) is 1. The predicted octanol–water partition coefficient (Wildman–Crippen LogP) is 2.70. The molecule has 0 aliphatic rings. The summed E-state index contributed by atoms with van der Waals surface area (Å²) in [5, 5.41) is 7.89. The maximum absolute atomic E-state index is 13.5. The molecule has 0 spiro atoms. The van der Waals surface area contributed by atoms with Crippen LogP contribution in [-0.4, -0.2) is 20.5 Å². The van der Waals surface area contributed by atoms with Crippen molar-refractivity contribution >= 4 is 32.7 Å². The molecule has 1 aromatic carbocycles. The van der Waals surface area contributed by atoms with Crippen molar-refractivity contribution in [3.8, 4) is 0 Å². The molecule has 0 aliphatic carbocycles. The highest BCUT2D eigenvalue weighted by Crippen LogP contribution is 2.18. The molecule has 0 fully saturated rings. The van der Waals surface area contributed by atoms with E-state index < -0.39 is 27.8 Å². The molecule has 0 amide bonds. The smallest absolute Gasteiger partial charge is 0.319 e. The van der Waals surface area contributed by atoms with Crippen LogP contribution in [0, 0.1) is 5.82 Å². The van der Waals surface area contributed by atoms with E-state index in [4.69, 9.17) is 5.11 Å². The van der Waals surface area contributed by atoms with Crippen molar-refractivity contribution in [1.82, 2.24) is 0 Å². The van der Waals surface area contributed by atoms with Crippen molar-refractivity contribution in [3.05, 3.63) is 34.1 Å². The van der Waals surface area contributed by atoms with Gasteiger partial charge in [0.15, 0.2) is 0 Å². The van der Waals surface area contributed by atoms with Gasteiger partial charge in [0, 0.05) is 20.8 Å². The zero-order valence-corrected chi connectivity index (χ0v) is 11.6. The van der Waals surface area contributed by atoms with Gasteiger partial charge >= 0.3 is 5.97 Å². The van der Waals surface area contributed by atoms with Crippen LogP contribution in [0.3, 0.4) is 0 Å². The van der Waals surface area contributed by atoms with Gasteiger partial charge in [0.25, 0.3) is 0 Å². The van der Waals surface area contributed by atoms with E-state index in [0.717, 1.165) is 0 Å². The van der Waals surface area contributed by atoms with E-state index in [1.165, 1.54) is 12.1 Å². The van der Waals surface area contributed by atoms with E-state index in [0.29, 0.717) is 4.47 Å². The van der Waals surface area contributed by atoms with Crippen molar-refractivity contribution in [3.63, 3.8) is 0 Å². The molecular weight excluding hydrogens is 311 g/mol. The molecule has 94 valence electrons. The van der Waals surface area contributed by atoms with Crippen LogP contribution in [0.15, 0.2) is 22.7 Å². The molecule has 2 atom stereocenters. The van der Waals surface area contributed by atoms with Gasteiger partial charge in [-0.15, -0.1) is 0 Å². The fourth-order valence-electron chi connectivity index (χ4n) is 1.37.